The van der Waals surface area contributed by atoms with E-state index in [1.807, 2.05) is 84.9 Å². The molecule has 1 aliphatic rings. The van der Waals surface area contributed by atoms with Gasteiger partial charge in [-0.3, -0.25) is 9.69 Å². The summed E-state index contributed by atoms with van der Waals surface area (Å²) in [5, 5.41) is 3.15. The molecular formula is C25H24N2O3. The maximum atomic E-state index is 13.1. The van der Waals surface area contributed by atoms with Gasteiger partial charge in [-0.25, -0.2) is 4.79 Å². The predicted octanol–water partition coefficient (Wildman–Crippen LogP) is 4.83. The van der Waals surface area contributed by atoms with Crippen LogP contribution in [0.25, 0.3) is 0 Å². The van der Waals surface area contributed by atoms with Crippen molar-refractivity contribution >= 4 is 23.3 Å². The highest BCUT2D eigenvalue weighted by atomic mass is 16.6. The number of fused-ring (bicyclic) bond motifs is 1. The lowest BCUT2D eigenvalue weighted by Crippen LogP contribution is -2.50. The maximum absolute atomic E-state index is 13.1. The van der Waals surface area contributed by atoms with Crippen LogP contribution < -0.4 is 10.2 Å². The first kappa shape index (κ1) is 19.7. The topological polar surface area (TPSA) is 58.6 Å². The Morgan fingerprint density at radius 1 is 0.900 bits per heavy atom. The number of para-hydroxylation sites is 2. The Morgan fingerprint density at radius 2 is 1.57 bits per heavy atom. The van der Waals surface area contributed by atoms with Gasteiger partial charge in [-0.15, -0.1) is 0 Å². The molecule has 0 radical (unpaired) electrons. The molecule has 0 fully saturated rings. The number of rotatable bonds is 6. The van der Waals surface area contributed by atoms with Crippen molar-refractivity contribution in [2.75, 3.05) is 16.8 Å². The second-order valence-corrected chi connectivity index (χ2v) is 7.28. The van der Waals surface area contributed by atoms with E-state index in [1.165, 1.54) is 4.90 Å². The molecule has 0 aliphatic carbocycles. The lowest BCUT2D eigenvalue weighted by atomic mass is 9.93. The Balaban J connectivity index is 1.51. The van der Waals surface area contributed by atoms with Crippen LogP contribution in [0.4, 0.5) is 16.2 Å². The first-order chi connectivity index (χ1) is 14.7. The molecule has 1 heterocycles. The summed E-state index contributed by atoms with van der Waals surface area (Å²) in [5.74, 6) is -0.0370. The van der Waals surface area contributed by atoms with Gasteiger partial charge in [0.15, 0.2) is 5.78 Å². The molecule has 0 saturated carbocycles. The molecule has 0 bridgehead atoms. The number of amides is 1. The second-order valence-electron chi connectivity index (χ2n) is 7.28. The van der Waals surface area contributed by atoms with Crippen LogP contribution in [-0.4, -0.2) is 24.5 Å². The SMILES string of the molecule is O=C(CNc1ccccc1)C1CCc2ccccc2N1C(=O)OCc1ccccc1. The summed E-state index contributed by atoms with van der Waals surface area (Å²) >= 11 is 0. The summed E-state index contributed by atoms with van der Waals surface area (Å²) < 4.78 is 5.58. The van der Waals surface area contributed by atoms with E-state index in [0.29, 0.717) is 6.42 Å². The van der Waals surface area contributed by atoms with Crippen molar-refractivity contribution in [2.45, 2.75) is 25.5 Å². The van der Waals surface area contributed by atoms with E-state index in [2.05, 4.69) is 5.32 Å². The molecule has 5 heteroatoms. The van der Waals surface area contributed by atoms with Crippen LogP contribution in [0.3, 0.4) is 0 Å². The zero-order valence-electron chi connectivity index (χ0n) is 16.7. The molecule has 5 nitrogen and oxygen atoms in total. The number of hydrogen-bond acceptors (Lipinski definition) is 4. The van der Waals surface area contributed by atoms with Crippen LogP contribution in [0.2, 0.25) is 0 Å². The third-order valence-corrected chi connectivity index (χ3v) is 5.26. The van der Waals surface area contributed by atoms with Crippen molar-refractivity contribution in [2.24, 2.45) is 0 Å². The molecular weight excluding hydrogens is 376 g/mol. The van der Waals surface area contributed by atoms with Crippen LogP contribution in [0, 0.1) is 0 Å². The average molecular weight is 400 g/mol. The summed E-state index contributed by atoms with van der Waals surface area (Å²) in [6.45, 7) is 0.320. The molecule has 1 N–H and O–H groups in total. The third kappa shape index (κ3) is 4.51. The standard InChI is InChI=1S/C25H24N2O3/c28-24(17-26-21-12-5-2-6-13-21)23-16-15-20-11-7-8-14-22(20)27(23)25(29)30-18-19-9-3-1-4-10-19/h1-14,23,26H,15-18H2. The van der Waals surface area contributed by atoms with E-state index in [1.54, 1.807) is 0 Å². The van der Waals surface area contributed by atoms with Gasteiger partial charge < -0.3 is 10.1 Å². The number of hydrogen-bond donors (Lipinski definition) is 1. The van der Waals surface area contributed by atoms with Gasteiger partial charge in [0.2, 0.25) is 0 Å². The van der Waals surface area contributed by atoms with Crippen LogP contribution >= 0.6 is 0 Å². The molecule has 152 valence electrons. The Bertz CT molecular complexity index is 1010. The first-order valence-electron chi connectivity index (χ1n) is 10.1. The van der Waals surface area contributed by atoms with Crippen molar-refractivity contribution in [3.63, 3.8) is 0 Å². The van der Waals surface area contributed by atoms with Crippen molar-refractivity contribution in [3.05, 3.63) is 96.1 Å². The quantitative estimate of drug-likeness (QED) is 0.644. The molecule has 1 aliphatic heterocycles. The number of aryl methyl sites for hydroxylation is 1. The monoisotopic (exact) mass is 400 g/mol. The number of benzene rings is 3. The van der Waals surface area contributed by atoms with Gasteiger partial charge in [-0.05, 0) is 42.2 Å². The molecule has 4 rings (SSSR count). The van der Waals surface area contributed by atoms with Gasteiger partial charge in [0.05, 0.1) is 12.2 Å². The van der Waals surface area contributed by atoms with E-state index in [0.717, 1.165) is 28.9 Å². The molecule has 1 unspecified atom stereocenters. The van der Waals surface area contributed by atoms with E-state index in [9.17, 15) is 9.59 Å². The van der Waals surface area contributed by atoms with Gasteiger partial charge in [0, 0.05) is 5.69 Å². The smallest absolute Gasteiger partial charge is 0.415 e. The highest BCUT2D eigenvalue weighted by Gasteiger charge is 2.36. The number of nitrogens with zero attached hydrogens (tertiary/aromatic N) is 1. The van der Waals surface area contributed by atoms with Crippen LogP contribution in [-0.2, 0) is 22.6 Å². The fourth-order valence-electron chi connectivity index (χ4n) is 3.73. The Labute approximate surface area is 176 Å². The second kappa shape index (κ2) is 9.27. The predicted molar refractivity (Wildman–Crippen MR) is 118 cm³/mol. The Hall–Kier alpha value is -3.60. The molecule has 3 aromatic rings. The number of nitrogens with one attached hydrogen (secondary N) is 1. The van der Waals surface area contributed by atoms with E-state index in [4.69, 9.17) is 4.74 Å². The largest absolute Gasteiger partial charge is 0.444 e. The fourth-order valence-corrected chi connectivity index (χ4v) is 3.73. The number of anilines is 2. The van der Waals surface area contributed by atoms with Crippen LogP contribution in [0.5, 0.6) is 0 Å². The summed E-state index contributed by atoms with van der Waals surface area (Å²) in [6, 6.07) is 26.3. The van der Waals surface area contributed by atoms with E-state index >= 15 is 0 Å². The van der Waals surface area contributed by atoms with Crippen molar-refractivity contribution in [1.29, 1.82) is 0 Å². The van der Waals surface area contributed by atoms with Gasteiger partial charge in [-0.1, -0.05) is 66.7 Å². The van der Waals surface area contributed by atoms with Crippen molar-refractivity contribution in [1.82, 2.24) is 0 Å². The highest BCUT2D eigenvalue weighted by molar-refractivity contribution is 6.01. The summed E-state index contributed by atoms with van der Waals surface area (Å²) in [5.41, 5.74) is 3.58. The number of carbonyl (C=O) groups excluding carboxylic acids is 2. The van der Waals surface area contributed by atoms with E-state index in [-0.39, 0.29) is 18.9 Å². The fraction of sp³-hybridized carbons (Fsp3) is 0.200. The molecule has 1 amide bonds. The minimum atomic E-state index is -0.556. The Morgan fingerprint density at radius 3 is 2.33 bits per heavy atom. The minimum Gasteiger partial charge on any atom is -0.444 e. The van der Waals surface area contributed by atoms with E-state index < -0.39 is 12.1 Å². The highest BCUT2D eigenvalue weighted by Crippen LogP contribution is 2.32. The molecule has 0 saturated heterocycles. The summed E-state index contributed by atoms with van der Waals surface area (Å²) in [7, 11) is 0. The van der Waals surface area contributed by atoms with Crippen LogP contribution in [0.1, 0.15) is 17.5 Å². The molecule has 0 aromatic heterocycles. The normalized spacial score (nSPS) is 15.2. The van der Waals surface area contributed by atoms with Gasteiger partial charge in [0.1, 0.15) is 12.6 Å². The van der Waals surface area contributed by atoms with Crippen molar-refractivity contribution < 1.29 is 14.3 Å². The zero-order valence-corrected chi connectivity index (χ0v) is 16.7. The summed E-state index contributed by atoms with van der Waals surface area (Å²) in [6.07, 6.45) is 0.830. The third-order valence-electron chi connectivity index (χ3n) is 5.26. The molecule has 1 atom stereocenters. The lowest BCUT2D eigenvalue weighted by molar-refractivity contribution is -0.118. The van der Waals surface area contributed by atoms with Crippen molar-refractivity contribution in [3.8, 4) is 0 Å². The zero-order chi connectivity index (χ0) is 20.8. The summed E-state index contributed by atoms with van der Waals surface area (Å²) in [4.78, 5) is 27.6. The van der Waals surface area contributed by atoms with Gasteiger partial charge >= 0.3 is 6.09 Å². The number of Topliss-reactive ketones (excluding diaryl/α,β-unsaturated/α-hetero) is 1. The number of ether oxygens (including phenoxy) is 1. The molecule has 30 heavy (non-hydrogen) atoms. The average Bonchev–Trinajstić information content (AvgIpc) is 2.81. The van der Waals surface area contributed by atoms with Gasteiger partial charge in [0.25, 0.3) is 0 Å². The maximum Gasteiger partial charge on any atom is 0.415 e. The number of ketones is 1. The number of carbonyl (C=O) groups is 2. The Kier molecular flexibility index (Phi) is 6.09. The van der Waals surface area contributed by atoms with Gasteiger partial charge in [-0.2, -0.15) is 0 Å². The first-order valence-corrected chi connectivity index (χ1v) is 10.1. The van der Waals surface area contributed by atoms with Crippen LogP contribution in [0.15, 0.2) is 84.9 Å². The molecule has 3 aromatic carbocycles. The lowest BCUT2D eigenvalue weighted by Gasteiger charge is -2.35. The minimum absolute atomic E-state index is 0.0370. The molecule has 0 spiro atoms.